The third-order valence-electron chi connectivity index (χ3n) is 5.43. The largest absolute Gasteiger partial charge is 0.465 e. The summed E-state index contributed by atoms with van der Waals surface area (Å²) in [6.07, 6.45) is 1.52. The van der Waals surface area contributed by atoms with Crippen molar-refractivity contribution >= 4 is 23.8 Å². The number of amides is 4. The highest BCUT2D eigenvalue weighted by molar-refractivity contribution is 5.91. The minimum Gasteiger partial charge on any atom is -0.465 e. The Morgan fingerprint density at radius 2 is 1.92 bits per heavy atom. The fraction of sp³-hybridized carbons (Fsp3) is 0.765. The zero-order chi connectivity index (χ0) is 19.5. The van der Waals surface area contributed by atoms with Gasteiger partial charge in [0.15, 0.2) is 0 Å². The molecule has 0 aromatic carbocycles. The Hall–Kier alpha value is -2.32. The first-order valence-electron chi connectivity index (χ1n) is 8.97. The maximum absolute atomic E-state index is 12.5. The molecule has 4 atom stereocenters. The zero-order valence-electron chi connectivity index (χ0n) is 15.2. The molecule has 3 unspecified atom stereocenters. The van der Waals surface area contributed by atoms with Gasteiger partial charge >= 0.3 is 6.09 Å². The number of hydrogen-bond acceptors (Lipinski definition) is 4. The van der Waals surface area contributed by atoms with Gasteiger partial charge in [-0.15, -0.1) is 0 Å². The first-order chi connectivity index (χ1) is 12.1. The topological polar surface area (TPSA) is 151 Å². The van der Waals surface area contributed by atoms with Crippen LogP contribution in [0.25, 0.3) is 0 Å². The van der Waals surface area contributed by atoms with E-state index < -0.39 is 35.9 Å². The highest BCUT2D eigenvalue weighted by Crippen LogP contribution is 2.54. The Labute approximate surface area is 152 Å². The van der Waals surface area contributed by atoms with Gasteiger partial charge in [0.2, 0.25) is 17.7 Å². The van der Waals surface area contributed by atoms with Gasteiger partial charge in [0.05, 0.1) is 0 Å². The minimum absolute atomic E-state index is 0.0853. The van der Waals surface area contributed by atoms with Crippen molar-refractivity contribution in [3.8, 4) is 0 Å². The van der Waals surface area contributed by atoms with Gasteiger partial charge in [0.1, 0.15) is 12.1 Å². The van der Waals surface area contributed by atoms with E-state index in [1.807, 2.05) is 0 Å². The Morgan fingerprint density at radius 1 is 1.27 bits per heavy atom. The number of piperidine rings is 1. The van der Waals surface area contributed by atoms with Gasteiger partial charge in [0.25, 0.3) is 0 Å². The summed E-state index contributed by atoms with van der Waals surface area (Å²) in [7, 11) is 0. The predicted molar refractivity (Wildman–Crippen MR) is 92.9 cm³/mol. The molecule has 9 heteroatoms. The van der Waals surface area contributed by atoms with E-state index in [-0.39, 0.29) is 23.7 Å². The van der Waals surface area contributed by atoms with Crippen molar-refractivity contribution in [1.29, 1.82) is 0 Å². The number of nitrogens with one attached hydrogen (secondary N) is 3. The monoisotopic (exact) mass is 368 g/mol. The Bertz CT molecular complexity index is 592. The Kier molecular flexibility index (Phi) is 6.09. The summed E-state index contributed by atoms with van der Waals surface area (Å²) in [6, 6.07) is -1.97. The molecule has 1 heterocycles. The SMILES string of the molecule is CC1(C)CC1CC(NC(=O)O)C(=O)NC(C[C@@H]1CCCNC1=O)C(N)=O. The molecule has 4 amide bonds. The summed E-state index contributed by atoms with van der Waals surface area (Å²) in [6.45, 7) is 4.72. The predicted octanol–water partition coefficient (Wildman–Crippen LogP) is -0.0548. The standard InChI is InChI=1S/C17H28N4O5/c1-17(2)8-10(17)7-12(21-16(25)26)15(24)20-11(13(18)22)6-9-4-3-5-19-14(9)23/h9-12,21H,3-8H2,1-2H3,(H2,18,22)(H,19,23)(H,20,24)(H,25,26)/t9-,10?,11?,12?/m0/s1. The fourth-order valence-electron chi connectivity index (χ4n) is 3.51. The highest BCUT2D eigenvalue weighted by Gasteiger charge is 2.47. The van der Waals surface area contributed by atoms with E-state index in [0.29, 0.717) is 19.4 Å². The van der Waals surface area contributed by atoms with E-state index in [1.54, 1.807) is 0 Å². The number of nitrogens with two attached hydrogens (primary N) is 1. The Balaban J connectivity index is 1.99. The molecule has 9 nitrogen and oxygen atoms in total. The second kappa shape index (κ2) is 7.92. The van der Waals surface area contributed by atoms with Crippen molar-refractivity contribution in [3.05, 3.63) is 0 Å². The summed E-state index contributed by atoms with van der Waals surface area (Å²) in [5, 5.41) is 16.5. The zero-order valence-corrected chi connectivity index (χ0v) is 15.2. The van der Waals surface area contributed by atoms with Crippen LogP contribution in [0.1, 0.15) is 46.0 Å². The van der Waals surface area contributed by atoms with Crippen molar-refractivity contribution in [2.45, 2.75) is 58.0 Å². The molecule has 1 aliphatic carbocycles. The Morgan fingerprint density at radius 3 is 2.42 bits per heavy atom. The smallest absolute Gasteiger partial charge is 0.405 e. The molecular weight excluding hydrogens is 340 g/mol. The third kappa shape index (κ3) is 5.34. The quantitative estimate of drug-likeness (QED) is 0.407. The molecule has 146 valence electrons. The summed E-state index contributed by atoms with van der Waals surface area (Å²) < 4.78 is 0. The molecule has 0 spiro atoms. The van der Waals surface area contributed by atoms with Gasteiger partial charge in [-0.25, -0.2) is 4.79 Å². The van der Waals surface area contributed by atoms with E-state index in [4.69, 9.17) is 10.8 Å². The summed E-state index contributed by atoms with van der Waals surface area (Å²) in [4.78, 5) is 47.2. The molecular formula is C17H28N4O5. The second-order valence-corrected chi connectivity index (χ2v) is 7.96. The molecule has 2 fully saturated rings. The lowest BCUT2D eigenvalue weighted by molar-refractivity contribution is -0.131. The van der Waals surface area contributed by atoms with Gasteiger partial charge in [-0.2, -0.15) is 0 Å². The number of primary amides is 1. The molecule has 0 bridgehead atoms. The van der Waals surface area contributed by atoms with Gasteiger partial charge in [0, 0.05) is 12.5 Å². The van der Waals surface area contributed by atoms with Crippen molar-refractivity contribution in [3.63, 3.8) is 0 Å². The van der Waals surface area contributed by atoms with Crippen molar-refractivity contribution in [2.24, 2.45) is 23.0 Å². The first kappa shape index (κ1) is 20.0. The number of rotatable bonds is 8. The number of hydrogen-bond donors (Lipinski definition) is 5. The molecule has 2 aliphatic rings. The van der Waals surface area contributed by atoms with Crippen molar-refractivity contribution in [1.82, 2.24) is 16.0 Å². The van der Waals surface area contributed by atoms with Gasteiger partial charge < -0.3 is 26.8 Å². The van der Waals surface area contributed by atoms with Crippen LogP contribution < -0.4 is 21.7 Å². The fourth-order valence-corrected chi connectivity index (χ4v) is 3.51. The normalized spacial score (nSPS) is 26.2. The van der Waals surface area contributed by atoms with E-state index in [1.165, 1.54) is 0 Å². The molecule has 6 N–H and O–H groups in total. The second-order valence-electron chi connectivity index (χ2n) is 7.96. The summed E-state index contributed by atoms with van der Waals surface area (Å²) >= 11 is 0. The van der Waals surface area contributed by atoms with Crippen LogP contribution in [0.15, 0.2) is 0 Å². The number of carbonyl (C=O) groups excluding carboxylic acids is 3. The molecule has 0 aromatic heterocycles. The maximum atomic E-state index is 12.5. The van der Waals surface area contributed by atoms with Gasteiger partial charge in [-0.05, 0) is 43.4 Å². The van der Waals surface area contributed by atoms with Crippen molar-refractivity contribution < 1.29 is 24.3 Å². The molecule has 1 aliphatic heterocycles. The molecule has 2 rings (SSSR count). The molecule has 1 saturated carbocycles. The van der Waals surface area contributed by atoms with Crippen LogP contribution in [0, 0.1) is 17.3 Å². The lowest BCUT2D eigenvalue weighted by Gasteiger charge is -2.26. The highest BCUT2D eigenvalue weighted by atomic mass is 16.4. The van der Waals surface area contributed by atoms with Crippen LogP contribution >= 0.6 is 0 Å². The summed E-state index contributed by atoms with van der Waals surface area (Å²) in [5.41, 5.74) is 5.47. The molecule has 0 radical (unpaired) electrons. The van der Waals surface area contributed by atoms with Crippen LogP contribution in [-0.2, 0) is 14.4 Å². The van der Waals surface area contributed by atoms with E-state index in [2.05, 4.69) is 29.8 Å². The minimum atomic E-state index is -1.30. The van der Waals surface area contributed by atoms with E-state index in [0.717, 1.165) is 12.8 Å². The first-order valence-corrected chi connectivity index (χ1v) is 8.97. The van der Waals surface area contributed by atoms with E-state index in [9.17, 15) is 19.2 Å². The average Bonchev–Trinajstić information content (AvgIpc) is 3.13. The average molecular weight is 368 g/mol. The number of carbonyl (C=O) groups is 4. The van der Waals surface area contributed by atoms with E-state index >= 15 is 0 Å². The van der Waals surface area contributed by atoms with Crippen LogP contribution in [0.3, 0.4) is 0 Å². The lowest BCUT2D eigenvalue weighted by Crippen LogP contribution is -2.54. The lowest BCUT2D eigenvalue weighted by atomic mass is 9.91. The van der Waals surface area contributed by atoms with Crippen LogP contribution in [0.5, 0.6) is 0 Å². The maximum Gasteiger partial charge on any atom is 0.405 e. The number of carboxylic acid groups (broad SMARTS) is 1. The van der Waals surface area contributed by atoms with Crippen LogP contribution in [0.2, 0.25) is 0 Å². The third-order valence-corrected chi connectivity index (χ3v) is 5.43. The van der Waals surface area contributed by atoms with Gasteiger partial charge in [-0.3, -0.25) is 14.4 Å². The van der Waals surface area contributed by atoms with Crippen LogP contribution in [-0.4, -0.2) is 47.5 Å². The van der Waals surface area contributed by atoms with Gasteiger partial charge in [-0.1, -0.05) is 13.8 Å². The van der Waals surface area contributed by atoms with Crippen LogP contribution in [0.4, 0.5) is 4.79 Å². The summed E-state index contributed by atoms with van der Waals surface area (Å²) in [5.74, 6) is -1.64. The molecule has 26 heavy (non-hydrogen) atoms. The van der Waals surface area contributed by atoms with Crippen molar-refractivity contribution in [2.75, 3.05) is 6.54 Å². The molecule has 0 aromatic rings. The molecule has 1 saturated heterocycles.